The number of aliphatic hydroxyl groups is 1. The first kappa shape index (κ1) is 13.7. The number of halogens is 1. The Hall–Kier alpha value is -1.71. The number of aryl methyl sites for hydroxylation is 1. The second-order valence-electron chi connectivity index (χ2n) is 4.76. The van der Waals surface area contributed by atoms with Crippen molar-refractivity contribution >= 4 is 0 Å². The number of nitrogens with two attached hydrogens (primary N) is 1. The molecule has 0 aliphatic rings. The molecule has 3 N–H and O–H groups in total. The van der Waals surface area contributed by atoms with Gasteiger partial charge < -0.3 is 10.8 Å². The van der Waals surface area contributed by atoms with Gasteiger partial charge in [0.05, 0.1) is 6.10 Å². The normalized spacial score (nSPS) is 14.1. The van der Waals surface area contributed by atoms with Crippen LogP contribution in [0, 0.1) is 12.7 Å². The summed E-state index contributed by atoms with van der Waals surface area (Å²) in [6, 6.07) is 13.9. The molecule has 0 radical (unpaired) electrons. The molecule has 3 heteroatoms. The smallest absolute Gasteiger partial charge is 0.123 e. The molecule has 0 spiro atoms. The quantitative estimate of drug-likeness (QED) is 0.886. The first-order valence-electron chi connectivity index (χ1n) is 6.32. The van der Waals surface area contributed by atoms with E-state index in [1.54, 1.807) is 12.1 Å². The van der Waals surface area contributed by atoms with E-state index in [-0.39, 0.29) is 11.7 Å². The van der Waals surface area contributed by atoms with Gasteiger partial charge in [0.1, 0.15) is 5.82 Å². The molecule has 2 atom stereocenters. The van der Waals surface area contributed by atoms with Crippen LogP contribution in [0.3, 0.4) is 0 Å². The fourth-order valence-corrected chi connectivity index (χ4v) is 2.27. The minimum atomic E-state index is -0.803. The molecule has 0 aliphatic heterocycles. The fourth-order valence-electron chi connectivity index (χ4n) is 2.27. The summed E-state index contributed by atoms with van der Waals surface area (Å²) in [5.41, 5.74) is 8.42. The fraction of sp³-hybridized carbons (Fsp3) is 0.250. The topological polar surface area (TPSA) is 46.2 Å². The van der Waals surface area contributed by atoms with Gasteiger partial charge in [0.25, 0.3) is 0 Å². The molecule has 0 aromatic heterocycles. The van der Waals surface area contributed by atoms with Crippen molar-refractivity contribution in [3.05, 3.63) is 71.0 Å². The van der Waals surface area contributed by atoms with E-state index in [1.165, 1.54) is 12.1 Å². The number of aliphatic hydroxyl groups excluding tert-OH is 1. The zero-order valence-corrected chi connectivity index (χ0v) is 10.9. The van der Waals surface area contributed by atoms with E-state index in [1.807, 2.05) is 31.2 Å². The number of hydrogen-bond acceptors (Lipinski definition) is 2. The molecule has 19 heavy (non-hydrogen) atoms. The maximum atomic E-state index is 13.2. The Kier molecular flexibility index (Phi) is 4.30. The molecule has 0 amide bonds. The van der Waals surface area contributed by atoms with Crippen LogP contribution in [-0.4, -0.2) is 11.7 Å². The Balaban J connectivity index is 2.31. The standard InChI is InChI=1S/C16H18FNO/c1-11-4-2-5-12(8-11)15(10-18)16(19)13-6-3-7-14(17)9-13/h2-9,15-16,19H,10,18H2,1H3. The molecular weight excluding hydrogens is 241 g/mol. The molecular formula is C16H18FNO. The van der Waals surface area contributed by atoms with Gasteiger partial charge in [0, 0.05) is 12.5 Å². The molecule has 2 nitrogen and oxygen atoms in total. The van der Waals surface area contributed by atoms with Gasteiger partial charge in [-0.05, 0) is 30.2 Å². The Morgan fingerprint density at radius 1 is 1.11 bits per heavy atom. The molecule has 2 unspecified atom stereocenters. The lowest BCUT2D eigenvalue weighted by atomic mass is 9.88. The summed E-state index contributed by atoms with van der Waals surface area (Å²) in [5.74, 6) is -0.585. The van der Waals surface area contributed by atoms with Gasteiger partial charge in [-0.25, -0.2) is 4.39 Å². The van der Waals surface area contributed by atoms with Gasteiger partial charge in [-0.1, -0.05) is 42.0 Å². The van der Waals surface area contributed by atoms with Crippen LogP contribution in [0.1, 0.15) is 28.7 Å². The molecule has 0 saturated heterocycles. The summed E-state index contributed by atoms with van der Waals surface area (Å²) in [5, 5.41) is 10.4. The highest BCUT2D eigenvalue weighted by molar-refractivity contribution is 5.30. The van der Waals surface area contributed by atoms with Crippen molar-refractivity contribution in [1.82, 2.24) is 0 Å². The molecule has 0 fully saturated rings. The number of hydrogen-bond donors (Lipinski definition) is 2. The van der Waals surface area contributed by atoms with E-state index in [0.29, 0.717) is 12.1 Å². The second kappa shape index (κ2) is 5.95. The minimum absolute atomic E-state index is 0.235. The van der Waals surface area contributed by atoms with Crippen LogP contribution in [0.2, 0.25) is 0 Å². The lowest BCUT2D eigenvalue weighted by molar-refractivity contribution is 0.147. The third kappa shape index (κ3) is 3.19. The van der Waals surface area contributed by atoms with Crippen molar-refractivity contribution in [2.24, 2.45) is 5.73 Å². The number of benzene rings is 2. The summed E-state index contributed by atoms with van der Waals surface area (Å²) >= 11 is 0. The van der Waals surface area contributed by atoms with Crippen LogP contribution in [0.25, 0.3) is 0 Å². The van der Waals surface area contributed by atoms with Crippen LogP contribution >= 0.6 is 0 Å². The largest absolute Gasteiger partial charge is 0.388 e. The number of rotatable bonds is 4. The van der Waals surface area contributed by atoms with Crippen molar-refractivity contribution < 1.29 is 9.50 Å². The summed E-state index contributed by atoms with van der Waals surface area (Å²) in [6.45, 7) is 2.30. The van der Waals surface area contributed by atoms with Crippen molar-refractivity contribution in [2.75, 3.05) is 6.54 Å². The first-order chi connectivity index (χ1) is 9.11. The maximum Gasteiger partial charge on any atom is 0.123 e. The molecule has 2 aromatic rings. The molecule has 0 aliphatic carbocycles. The molecule has 0 saturated carbocycles. The van der Waals surface area contributed by atoms with Gasteiger partial charge in [0.2, 0.25) is 0 Å². The monoisotopic (exact) mass is 259 g/mol. The predicted octanol–water partition coefficient (Wildman–Crippen LogP) is 2.91. The zero-order chi connectivity index (χ0) is 13.8. The lowest BCUT2D eigenvalue weighted by Gasteiger charge is -2.22. The van der Waals surface area contributed by atoms with Crippen molar-refractivity contribution in [1.29, 1.82) is 0 Å². The van der Waals surface area contributed by atoms with Gasteiger partial charge in [-0.2, -0.15) is 0 Å². The van der Waals surface area contributed by atoms with Crippen molar-refractivity contribution in [3.8, 4) is 0 Å². The summed E-state index contributed by atoms with van der Waals surface area (Å²) in [4.78, 5) is 0. The van der Waals surface area contributed by atoms with Crippen LogP contribution in [-0.2, 0) is 0 Å². The average molecular weight is 259 g/mol. The highest BCUT2D eigenvalue weighted by Crippen LogP contribution is 2.30. The van der Waals surface area contributed by atoms with E-state index in [0.717, 1.165) is 11.1 Å². The molecule has 0 bridgehead atoms. The van der Waals surface area contributed by atoms with Gasteiger partial charge >= 0.3 is 0 Å². The van der Waals surface area contributed by atoms with E-state index in [4.69, 9.17) is 5.73 Å². The molecule has 2 rings (SSSR count). The Bertz CT molecular complexity index is 556. The van der Waals surface area contributed by atoms with E-state index in [9.17, 15) is 9.50 Å². The van der Waals surface area contributed by atoms with Crippen LogP contribution in [0.4, 0.5) is 4.39 Å². The zero-order valence-electron chi connectivity index (χ0n) is 10.9. The average Bonchev–Trinajstić information content (AvgIpc) is 2.39. The van der Waals surface area contributed by atoms with Crippen LogP contribution in [0.5, 0.6) is 0 Å². The van der Waals surface area contributed by atoms with Crippen molar-refractivity contribution in [3.63, 3.8) is 0 Å². The van der Waals surface area contributed by atoms with E-state index >= 15 is 0 Å². The summed E-state index contributed by atoms with van der Waals surface area (Å²) in [7, 11) is 0. The Morgan fingerprint density at radius 3 is 2.42 bits per heavy atom. The van der Waals surface area contributed by atoms with Crippen LogP contribution in [0.15, 0.2) is 48.5 Å². The molecule has 0 heterocycles. The second-order valence-corrected chi connectivity index (χ2v) is 4.76. The highest BCUT2D eigenvalue weighted by atomic mass is 19.1. The Labute approximate surface area is 112 Å². The van der Waals surface area contributed by atoms with Gasteiger partial charge in [-0.3, -0.25) is 0 Å². The highest BCUT2D eigenvalue weighted by Gasteiger charge is 2.21. The van der Waals surface area contributed by atoms with E-state index in [2.05, 4.69) is 0 Å². The van der Waals surface area contributed by atoms with Gasteiger partial charge in [0.15, 0.2) is 0 Å². The van der Waals surface area contributed by atoms with Crippen LogP contribution < -0.4 is 5.73 Å². The maximum absolute atomic E-state index is 13.2. The Morgan fingerprint density at radius 2 is 1.79 bits per heavy atom. The predicted molar refractivity (Wildman–Crippen MR) is 74.3 cm³/mol. The lowest BCUT2D eigenvalue weighted by Crippen LogP contribution is -2.20. The summed E-state index contributed by atoms with van der Waals surface area (Å²) < 4.78 is 13.2. The SMILES string of the molecule is Cc1cccc(C(CN)C(O)c2cccc(F)c2)c1. The minimum Gasteiger partial charge on any atom is -0.388 e. The van der Waals surface area contributed by atoms with Gasteiger partial charge in [-0.15, -0.1) is 0 Å². The van der Waals surface area contributed by atoms with Crippen molar-refractivity contribution in [2.45, 2.75) is 18.9 Å². The van der Waals surface area contributed by atoms with E-state index < -0.39 is 6.10 Å². The molecule has 100 valence electrons. The third-order valence-corrected chi connectivity index (χ3v) is 3.30. The molecule has 2 aromatic carbocycles. The third-order valence-electron chi connectivity index (χ3n) is 3.30. The first-order valence-corrected chi connectivity index (χ1v) is 6.32. The summed E-state index contributed by atoms with van der Waals surface area (Å²) in [6.07, 6.45) is -0.803.